The Balaban J connectivity index is 1.79. The molecule has 98 valence electrons. The Labute approximate surface area is 107 Å². The molecule has 1 aliphatic heterocycles. The van der Waals surface area contributed by atoms with Gasteiger partial charge in [0.25, 0.3) is 0 Å². The van der Waals surface area contributed by atoms with Crippen molar-refractivity contribution in [3.8, 4) is 0 Å². The van der Waals surface area contributed by atoms with E-state index in [0.717, 1.165) is 12.8 Å². The Bertz CT molecular complexity index is 415. The summed E-state index contributed by atoms with van der Waals surface area (Å²) in [5.74, 6) is 1.10. The smallest absolute Gasteiger partial charge is 0.416 e. The molecule has 4 heteroatoms. The first kappa shape index (κ1) is 11.8. The Morgan fingerprint density at radius 1 is 1.39 bits per heavy atom. The molecule has 2 aliphatic carbocycles. The molecule has 0 N–H and O–H groups in total. The van der Waals surface area contributed by atoms with Gasteiger partial charge in [-0.15, -0.1) is 0 Å². The van der Waals surface area contributed by atoms with E-state index in [1.807, 2.05) is 13.8 Å². The average molecular weight is 249 g/mol. The lowest BCUT2D eigenvalue weighted by atomic mass is 9.91. The molecule has 4 nitrogen and oxygen atoms in total. The molecular weight excluding hydrogens is 230 g/mol. The Hall–Kier alpha value is -1.32. The molecule has 1 saturated carbocycles. The molecule has 18 heavy (non-hydrogen) atoms. The van der Waals surface area contributed by atoms with Crippen LogP contribution in [0, 0.1) is 23.7 Å². The first-order chi connectivity index (χ1) is 8.58. The Morgan fingerprint density at radius 2 is 2.17 bits per heavy atom. The molecule has 2 fully saturated rings. The molecule has 0 radical (unpaired) electrons. The van der Waals surface area contributed by atoms with Gasteiger partial charge in [0, 0.05) is 5.92 Å². The van der Waals surface area contributed by atoms with Gasteiger partial charge in [-0.2, -0.15) is 0 Å². The van der Waals surface area contributed by atoms with Crippen LogP contribution < -0.4 is 0 Å². The zero-order valence-electron chi connectivity index (χ0n) is 10.8. The molecule has 2 bridgehead atoms. The molecule has 0 aromatic rings. The second-order valence-electron chi connectivity index (χ2n) is 5.98. The molecule has 1 saturated heterocycles. The zero-order chi connectivity index (χ0) is 12.9. The lowest BCUT2D eigenvalue weighted by Gasteiger charge is -2.27. The van der Waals surface area contributed by atoms with E-state index in [2.05, 4.69) is 12.2 Å². The van der Waals surface area contributed by atoms with Gasteiger partial charge in [0.05, 0.1) is 6.04 Å². The molecule has 0 unspecified atom stereocenters. The Kier molecular flexibility index (Phi) is 2.68. The molecule has 2 amide bonds. The van der Waals surface area contributed by atoms with Crippen molar-refractivity contribution in [1.29, 1.82) is 0 Å². The van der Waals surface area contributed by atoms with E-state index in [0.29, 0.717) is 18.4 Å². The maximum atomic E-state index is 12.6. The third-order valence-corrected chi connectivity index (χ3v) is 4.51. The molecule has 1 heterocycles. The van der Waals surface area contributed by atoms with Crippen LogP contribution in [0.1, 0.15) is 26.7 Å². The number of rotatable bonds is 2. The third-order valence-electron chi connectivity index (χ3n) is 4.51. The number of imide groups is 1. The summed E-state index contributed by atoms with van der Waals surface area (Å²) in [6, 6.07) is -0.0897. The number of fused-ring (bicyclic) bond motifs is 2. The van der Waals surface area contributed by atoms with E-state index in [1.165, 1.54) is 4.90 Å². The number of ether oxygens (including phenoxy) is 1. The number of nitrogens with zero attached hydrogens (tertiary/aromatic N) is 1. The van der Waals surface area contributed by atoms with E-state index in [9.17, 15) is 9.59 Å². The summed E-state index contributed by atoms with van der Waals surface area (Å²) in [6.07, 6.45) is 5.87. The number of carbonyl (C=O) groups is 2. The second kappa shape index (κ2) is 4.11. The monoisotopic (exact) mass is 249 g/mol. The average Bonchev–Trinajstić information content (AvgIpc) is 3.01. The third kappa shape index (κ3) is 1.66. The van der Waals surface area contributed by atoms with Crippen molar-refractivity contribution in [1.82, 2.24) is 4.90 Å². The fraction of sp³-hybridized carbons (Fsp3) is 0.714. The van der Waals surface area contributed by atoms with Gasteiger partial charge in [-0.25, -0.2) is 9.69 Å². The number of hydrogen-bond donors (Lipinski definition) is 0. The molecule has 3 aliphatic rings. The maximum Gasteiger partial charge on any atom is 0.416 e. The van der Waals surface area contributed by atoms with E-state index >= 15 is 0 Å². The van der Waals surface area contributed by atoms with Crippen molar-refractivity contribution in [2.45, 2.75) is 32.7 Å². The largest absolute Gasteiger partial charge is 0.447 e. The predicted octanol–water partition coefficient (Wildman–Crippen LogP) is 2.20. The minimum atomic E-state index is -0.453. The van der Waals surface area contributed by atoms with Crippen molar-refractivity contribution in [2.24, 2.45) is 23.7 Å². The van der Waals surface area contributed by atoms with Crippen molar-refractivity contribution >= 4 is 12.0 Å². The fourth-order valence-electron chi connectivity index (χ4n) is 3.42. The zero-order valence-corrected chi connectivity index (χ0v) is 10.8. The van der Waals surface area contributed by atoms with Crippen LogP contribution in [0.2, 0.25) is 0 Å². The van der Waals surface area contributed by atoms with Crippen LogP contribution in [0.25, 0.3) is 0 Å². The van der Waals surface area contributed by atoms with Crippen LogP contribution >= 0.6 is 0 Å². The molecule has 4 atom stereocenters. The van der Waals surface area contributed by atoms with Crippen LogP contribution in [-0.4, -0.2) is 29.5 Å². The fourth-order valence-corrected chi connectivity index (χ4v) is 3.42. The summed E-state index contributed by atoms with van der Waals surface area (Å²) in [6.45, 7) is 4.39. The van der Waals surface area contributed by atoms with Crippen LogP contribution in [0.15, 0.2) is 12.2 Å². The quantitative estimate of drug-likeness (QED) is 0.705. The summed E-state index contributed by atoms with van der Waals surface area (Å²) < 4.78 is 5.05. The van der Waals surface area contributed by atoms with Gasteiger partial charge in [-0.05, 0) is 30.6 Å². The highest BCUT2D eigenvalue weighted by molar-refractivity contribution is 5.95. The van der Waals surface area contributed by atoms with Crippen LogP contribution in [0.4, 0.5) is 4.79 Å². The lowest BCUT2D eigenvalue weighted by molar-refractivity contribution is -0.134. The standard InChI is InChI=1S/C14H19NO3/c1-8(2)12-7-18-14(17)15(12)13(16)11-6-9-3-4-10(11)5-9/h3-4,8-12H,5-7H2,1-2H3/t9-,10+,11-,12-/m1/s1. The maximum absolute atomic E-state index is 12.6. The minimum Gasteiger partial charge on any atom is -0.447 e. The highest BCUT2D eigenvalue weighted by Crippen LogP contribution is 2.44. The first-order valence-electron chi connectivity index (χ1n) is 6.76. The van der Waals surface area contributed by atoms with Crippen LogP contribution in [-0.2, 0) is 9.53 Å². The molecule has 3 rings (SSSR count). The van der Waals surface area contributed by atoms with Crippen LogP contribution in [0.3, 0.4) is 0 Å². The van der Waals surface area contributed by atoms with Crippen molar-refractivity contribution in [2.75, 3.05) is 6.61 Å². The number of allylic oxidation sites excluding steroid dienone is 2. The van der Waals surface area contributed by atoms with Gasteiger partial charge in [-0.1, -0.05) is 26.0 Å². The normalized spacial score (nSPS) is 37.7. The number of hydrogen-bond acceptors (Lipinski definition) is 3. The number of cyclic esters (lactones) is 1. The van der Waals surface area contributed by atoms with Crippen molar-refractivity contribution in [3.05, 3.63) is 12.2 Å². The van der Waals surface area contributed by atoms with Gasteiger partial charge < -0.3 is 4.74 Å². The lowest BCUT2D eigenvalue weighted by Crippen LogP contribution is -2.45. The highest BCUT2D eigenvalue weighted by atomic mass is 16.6. The summed E-state index contributed by atoms with van der Waals surface area (Å²) >= 11 is 0. The predicted molar refractivity (Wildman–Crippen MR) is 65.7 cm³/mol. The summed E-state index contributed by atoms with van der Waals surface area (Å²) in [7, 11) is 0. The van der Waals surface area contributed by atoms with Crippen molar-refractivity contribution < 1.29 is 14.3 Å². The van der Waals surface area contributed by atoms with Crippen molar-refractivity contribution in [3.63, 3.8) is 0 Å². The number of carbonyl (C=O) groups excluding carboxylic acids is 2. The van der Waals surface area contributed by atoms with Crippen LogP contribution in [0.5, 0.6) is 0 Å². The molecule has 0 aromatic heterocycles. The molecule has 0 aromatic carbocycles. The second-order valence-corrected chi connectivity index (χ2v) is 5.98. The van der Waals surface area contributed by atoms with E-state index in [-0.39, 0.29) is 23.8 Å². The van der Waals surface area contributed by atoms with E-state index in [4.69, 9.17) is 4.74 Å². The van der Waals surface area contributed by atoms with Gasteiger partial charge >= 0.3 is 6.09 Å². The van der Waals surface area contributed by atoms with Gasteiger partial charge in [0.1, 0.15) is 6.61 Å². The summed E-state index contributed by atoms with van der Waals surface area (Å²) in [5, 5.41) is 0. The van der Waals surface area contributed by atoms with Gasteiger partial charge in [0.2, 0.25) is 5.91 Å². The minimum absolute atomic E-state index is 0.00750. The molecular formula is C14H19NO3. The number of amides is 2. The van der Waals surface area contributed by atoms with E-state index in [1.54, 1.807) is 0 Å². The summed E-state index contributed by atoms with van der Waals surface area (Å²) in [5.41, 5.74) is 0. The topological polar surface area (TPSA) is 46.6 Å². The summed E-state index contributed by atoms with van der Waals surface area (Å²) in [4.78, 5) is 25.7. The first-order valence-corrected chi connectivity index (χ1v) is 6.76. The highest BCUT2D eigenvalue weighted by Gasteiger charge is 2.47. The van der Waals surface area contributed by atoms with Gasteiger partial charge in [-0.3, -0.25) is 4.79 Å². The molecule has 0 spiro atoms. The van der Waals surface area contributed by atoms with Gasteiger partial charge in [0.15, 0.2) is 0 Å². The Morgan fingerprint density at radius 3 is 2.72 bits per heavy atom. The SMILES string of the molecule is CC(C)[C@H]1COC(=O)N1C(=O)[C@@H]1C[C@@H]2C=C[C@H]1C2. The van der Waals surface area contributed by atoms with E-state index < -0.39 is 6.09 Å².